The molecular formula is C14H20FNO2. The molecule has 1 heterocycles. The number of piperidine rings is 1. The number of ether oxygens (including phenoxy) is 1. The monoisotopic (exact) mass is 253 g/mol. The van der Waals surface area contributed by atoms with Gasteiger partial charge in [0.1, 0.15) is 12.7 Å². The molecule has 0 bridgehead atoms. The van der Waals surface area contributed by atoms with Gasteiger partial charge in [0.2, 0.25) is 0 Å². The molecule has 1 aliphatic rings. The standard InChI is InChI=1S/C14H20FNO2/c15-13-6-2-3-7-14(13)18-11-12(17)10-16-8-4-1-5-9-16/h2-3,6-7,12,17H,1,4-5,8-11H2. The molecule has 2 rings (SSSR count). The van der Waals surface area contributed by atoms with Crippen molar-refractivity contribution in [3.63, 3.8) is 0 Å². The summed E-state index contributed by atoms with van der Waals surface area (Å²) >= 11 is 0. The minimum atomic E-state index is -0.567. The summed E-state index contributed by atoms with van der Waals surface area (Å²) in [5, 5.41) is 9.86. The Labute approximate surface area is 107 Å². The number of halogens is 1. The summed E-state index contributed by atoms with van der Waals surface area (Å²) in [6.45, 7) is 2.82. The molecule has 0 radical (unpaired) electrons. The van der Waals surface area contributed by atoms with Crippen LogP contribution in [-0.4, -0.2) is 42.4 Å². The van der Waals surface area contributed by atoms with Crippen molar-refractivity contribution in [2.45, 2.75) is 25.4 Å². The number of hydrogen-bond donors (Lipinski definition) is 1. The highest BCUT2D eigenvalue weighted by atomic mass is 19.1. The zero-order valence-electron chi connectivity index (χ0n) is 10.5. The third-order valence-corrected chi connectivity index (χ3v) is 3.19. The van der Waals surface area contributed by atoms with E-state index in [2.05, 4.69) is 4.90 Å². The first-order chi connectivity index (χ1) is 8.75. The molecule has 0 aromatic heterocycles. The van der Waals surface area contributed by atoms with E-state index in [0.717, 1.165) is 13.1 Å². The van der Waals surface area contributed by atoms with Crippen molar-refractivity contribution in [1.29, 1.82) is 0 Å². The lowest BCUT2D eigenvalue weighted by Crippen LogP contribution is -2.38. The van der Waals surface area contributed by atoms with Crippen LogP contribution in [0.1, 0.15) is 19.3 Å². The van der Waals surface area contributed by atoms with Gasteiger partial charge in [-0.3, -0.25) is 0 Å². The molecule has 1 aromatic rings. The molecule has 1 N–H and O–H groups in total. The van der Waals surface area contributed by atoms with Crippen LogP contribution in [0, 0.1) is 5.82 Å². The lowest BCUT2D eigenvalue weighted by Gasteiger charge is -2.28. The molecule has 1 fully saturated rings. The topological polar surface area (TPSA) is 32.7 Å². The van der Waals surface area contributed by atoms with Gasteiger partial charge < -0.3 is 14.7 Å². The van der Waals surface area contributed by atoms with Gasteiger partial charge in [-0.2, -0.15) is 0 Å². The first kappa shape index (κ1) is 13.3. The molecule has 1 atom stereocenters. The van der Waals surface area contributed by atoms with E-state index >= 15 is 0 Å². The molecule has 1 unspecified atom stereocenters. The lowest BCUT2D eigenvalue weighted by atomic mass is 10.1. The number of likely N-dealkylation sites (tertiary alicyclic amines) is 1. The van der Waals surface area contributed by atoms with Crippen molar-refractivity contribution in [3.8, 4) is 5.75 Å². The Bertz CT molecular complexity index is 367. The van der Waals surface area contributed by atoms with E-state index in [1.54, 1.807) is 18.2 Å². The molecule has 1 saturated heterocycles. The second-order valence-corrected chi connectivity index (χ2v) is 4.76. The highest BCUT2D eigenvalue weighted by molar-refractivity contribution is 5.23. The van der Waals surface area contributed by atoms with E-state index in [-0.39, 0.29) is 18.2 Å². The van der Waals surface area contributed by atoms with Crippen molar-refractivity contribution >= 4 is 0 Å². The zero-order valence-corrected chi connectivity index (χ0v) is 10.5. The summed E-state index contributed by atoms with van der Waals surface area (Å²) in [5.74, 6) is -0.183. The lowest BCUT2D eigenvalue weighted by molar-refractivity contribution is 0.0604. The van der Waals surface area contributed by atoms with Crippen molar-refractivity contribution in [2.75, 3.05) is 26.2 Å². The average molecular weight is 253 g/mol. The van der Waals surface area contributed by atoms with Crippen LogP contribution in [0.15, 0.2) is 24.3 Å². The Morgan fingerprint density at radius 3 is 2.67 bits per heavy atom. The number of nitrogens with zero attached hydrogens (tertiary/aromatic N) is 1. The van der Waals surface area contributed by atoms with E-state index in [0.29, 0.717) is 6.54 Å². The third-order valence-electron chi connectivity index (χ3n) is 3.19. The van der Waals surface area contributed by atoms with E-state index < -0.39 is 6.10 Å². The summed E-state index contributed by atoms with van der Waals surface area (Å²) in [7, 11) is 0. The Kier molecular flexibility index (Phi) is 4.96. The van der Waals surface area contributed by atoms with Gasteiger partial charge >= 0.3 is 0 Å². The number of rotatable bonds is 5. The average Bonchev–Trinajstić information content (AvgIpc) is 2.39. The number of aliphatic hydroxyl groups is 1. The summed E-state index contributed by atoms with van der Waals surface area (Å²) in [6.07, 6.45) is 3.10. The molecule has 0 spiro atoms. The van der Waals surface area contributed by atoms with Crippen LogP contribution in [0.25, 0.3) is 0 Å². The highest BCUT2D eigenvalue weighted by Crippen LogP contribution is 2.16. The zero-order chi connectivity index (χ0) is 12.8. The fourth-order valence-electron chi connectivity index (χ4n) is 2.24. The van der Waals surface area contributed by atoms with Gasteiger partial charge in [-0.1, -0.05) is 18.6 Å². The number of benzene rings is 1. The largest absolute Gasteiger partial charge is 0.488 e. The minimum absolute atomic E-state index is 0.136. The van der Waals surface area contributed by atoms with Gasteiger partial charge in [-0.05, 0) is 38.1 Å². The van der Waals surface area contributed by atoms with Gasteiger partial charge in [-0.25, -0.2) is 4.39 Å². The summed E-state index contributed by atoms with van der Waals surface area (Å²) < 4.78 is 18.6. The fraction of sp³-hybridized carbons (Fsp3) is 0.571. The van der Waals surface area contributed by atoms with Crippen LogP contribution < -0.4 is 4.74 Å². The predicted octanol–water partition coefficient (Wildman–Crippen LogP) is 2.05. The second kappa shape index (κ2) is 6.71. The summed E-state index contributed by atoms with van der Waals surface area (Å²) in [4.78, 5) is 2.23. The van der Waals surface area contributed by atoms with Gasteiger partial charge in [-0.15, -0.1) is 0 Å². The smallest absolute Gasteiger partial charge is 0.165 e. The minimum Gasteiger partial charge on any atom is -0.488 e. The number of β-amino-alcohol motifs (C(OH)–C–C–N with tert-alkyl or cyclic N) is 1. The maximum atomic E-state index is 13.3. The highest BCUT2D eigenvalue weighted by Gasteiger charge is 2.15. The third kappa shape index (κ3) is 3.96. The van der Waals surface area contributed by atoms with E-state index in [4.69, 9.17) is 4.74 Å². The van der Waals surface area contributed by atoms with E-state index in [1.807, 2.05) is 0 Å². The Morgan fingerprint density at radius 2 is 1.94 bits per heavy atom. The Balaban J connectivity index is 1.74. The first-order valence-electron chi connectivity index (χ1n) is 6.53. The molecule has 100 valence electrons. The molecule has 1 aromatic carbocycles. The number of aliphatic hydroxyl groups excluding tert-OH is 1. The maximum absolute atomic E-state index is 13.3. The molecule has 0 saturated carbocycles. The van der Waals surface area contributed by atoms with Crippen LogP contribution in [0.5, 0.6) is 5.75 Å². The number of para-hydroxylation sites is 1. The molecule has 4 heteroatoms. The Morgan fingerprint density at radius 1 is 1.22 bits per heavy atom. The molecule has 18 heavy (non-hydrogen) atoms. The first-order valence-corrected chi connectivity index (χ1v) is 6.53. The molecule has 1 aliphatic heterocycles. The summed E-state index contributed by atoms with van der Waals surface area (Å²) in [5.41, 5.74) is 0. The van der Waals surface area contributed by atoms with Crippen LogP contribution in [-0.2, 0) is 0 Å². The van der Waals surface area contributed by atoms with Crippen molar-refractivity contribution < 1.29 is 14.2 Å². The Hall–Kier alpha value is -1.13. The molecule has 3 nitrogen and oxygen atoms in total. The maximum Gasteiger partial charge on any atom is 0.165 e. The van der Waals surface area contributed by atoms with Crippen LogP contribution in [0.3, 0.4) is 0 Å². The van der Waals surface area contributed by atoms with Crippen LogP contribution in [0.4, 0.5) is 4.39 Å². The second-order valence-electron chi connectivity index (χ2n) is 4.76. The predicted molar refractivity (Wildman–Crippen MR) is 68.2 cm³/mol. The molecule has 0 aliphatic carbocycles. The van der Waals surface area contributed by atoms with Crippen molar-refractivity contribution in [3.05, 3.63) is 30.1 Å². The fourth-order valence-corrected chi connectivity index (χ4v) is 2.24. The van der Waals surface area contributed by atoms with Gasteiger partial charge in [0.05, 0.1) is 0 Å². The van der Waals surface area contributed by atoms with Crippen LogP contribution in [0.2, 0.25) is 0 Å². The molecular weight excluding hydrogens is 233 g/mol. The summed E-state index contributed by atoms with van der Waals surface area (Å²) in [6, 6.07) is 6.26. The number of hydrogen-bond acceptors (Lipinski definition) is 3. The van der Waals surface area contributed by atoms with Crippen molar-refractivity contribution in [2.24, 2.45) is 0 Å². The molecule has 0 amide bonds. The van der Waals surface area contributed by atoms with Crippen LogP contribution >= 0.6 is 0 Å². The normalized spacial score (nSPS) is 18.6. The van der Waals surface area contributed by atoms with Crippen molar-refractivity contribution in [1.82, 2.24) is 4.90 Å². The van der Waals surface area contributed by atoms with Gasteiger partial charge in [0, 0.05) is 6.54 Å². The van der Waals surface area contributed by atoms with E-state index in [9.17, 15) is 9.50 Å². The van der Waals surface area contributed by atoms with Gasteiger partial charge in [0.25, 0.3) is 0 Å². The van der Waals surface area contributed by atoms with E-state index in [1.165, 1.54) is 25.3 Å². The van der Waals surface area contributed by atoms with Gasteiger partial charge in [0.15, 0.2) is 11.6 Å². The quantitative estimate of drug-likeness (QED) is 0.871. The SMILES string of the molecule is OC(COc1ccccc1F)CN1CCCCC1.